The number of aromatic nitrogens is 3. The summed E-state index contributed by atoms with van der Waals surface area (Å²) < 4.78 is 0. The fourth-order valence-corrected chi connectivity index (χ4v) is 15.0. The molecule has 0 aromatic carbocycles. The molecule has 246 valence electrons. The lowest BCUT2D eigenvalue weighted by molar-refractivity contribution is 0.716. The normalized spacial score (nSPS) is 13.9. The molecule has 0 aliphatic carbocycles. The minimum absolute atomic E-state index is 0.542. The zero-order valence-electron chi connectivity index (χ0n) is 24.2. The summed E-state index contributed by atoms with van der Waals surface area (Å²) >= 11 is 39.5. The van der Waals surface area contributed by atoms with Crippen molar-refractivity contribution >= 4 is 169 Å². The predicted octanol–water partition coefficient (Wildman–Crippen LogP) is 8.71. The highest BCUT2D eigenvalue weighted by atomic mass is 32.2. The van der Waals surface area contributed by atoms with E-state index in [1.165, 1.54) is 12.2 Å². The highest BCUT2D eigenvalue weighted by molar-refractivity contribution is 8.07. The van der Waals surface area contributed by atoms with Crippen molar-refractivity contribution in [1.82, 2.24) is 15.0 Å². The van der Waals surface area contributed by atoms with Crippen LogP contribution in [-0.2, 0) is 0 Å². The molecule has 0 amide bonds. The van der Waals surface area contributed by atoms with Gasteiger partial charge in [0.1, 0.15) is 0 Å². The minimum atomic E-state index is 0.542. The van der Waals surface area contributed by atoms with Gasteiger partial charge in [-0.3, -0.25) is 0 Å². The third-order valence-corrected chi connectivity index (χ3v) is 19.1. The zero-order chi connectivity index (χ0) is 30.7. The fraction of sp³-hybridized carbons (Fsp3) is 0.880. The average Bonchev–Trinajstić information content (AvgIpc) is 3.00. The predicted molar refractivity (Wildman–Crippen MR) is 232 cm³/mol. The molecule has 0 N–H and O–H groups in total. The third-order valence-electron chi connectivity index (χ3n) is 4.83. The van der Waals surface area contributed by atoms with E-state index in [9.17, 15) is 0 Å². The molecule has 1 aromatic heterocycles. The second-order valence-electron chi connectivity index (χ2n) is 8.44. The van der Waals surface area contributed by atoms with Gasteiger partial charge >= 0.3 is 0 Å². The van der Waals surface area contributed by atoms with E-state index in [4.69, 9.17) is 15.0 Å². The van der Waals surface area contributed by atoms with Gasteiger partial charge in [-0.25, -0.2) is 0 Å². The fourth-order valence-electron chi connectivity index (χ4n) is 3.01. The summed E-state index contributed by atoms with van der Waals surface area (Å²) in [7, 11) is 0. The number of rotatable bonds is 30. The van der Waals surface area contributed by atoms with Crippen LogP contribution in [0.15, 0.2) is 15.5 Å². The zero-order valence-corrected chi connectivity index (χ0v) is 36.0. The molecule has 0 bridgehead atoms. The van der Waals surface area contributed by atoms with Gasteiger partial charge in [0.05, 0.1) is 0 Å². The Labute approximate surface area is 322 Å². The molecule has 0 radical (unpaired) electrons. The van der Waals surface area contributed by atoms with Gasteiger partial charge < -0.3 is 0 Å². The lowest BCUT2D eigenvalue weighted by Crippen LogP contribution is -2.14. The number of thioether (sulfide) groups is 9. The Bertz CT molecular complexity index is 647. The van der Waals surface area contributed by atoms with Gasteiger partial charge in [-0.2, -0.15) is 149 Å². The number of thiol groups is 5. The summed E-state index contributed by atoms with van der Waals surface area (Å²) in [5, 5.41) is 4.25. The van der Waals surface area contributed by atoms with E-state index < -0.39 is 0 Å². The second kappa shape index (κ2) is 32.1. The Hall–Kier alpha value is 3.91. The van der Waals surface area contributed by atoms with E-state index in [-0.39, 0.29) is 0 Å². The minimum Gasteiger partial charge on any atom is -0.196 e. The Morgan fingerprint density at radius 2 is 0.762 bits per heavy atom. The van der Waals surface area contributed by atoms with Gasteiger partial charge in [0, 0.05) is 79.0 Å². The van der Waals surface area contributed by atoms with E-state index in [2.05, 4.69) is 81.8 Å². The lowest BCUT2D eigenvalue weighted by atomic mass is 10.5. The maximum absolute atomic E-state index is 4.96. The molecule has 42 heavy (non-hydrogen) atoms. The van der Waals surface area contributed by atoms with E-state index in [1.54, 1.807) is 35.3 Å². The first-order valence-electron chi connectivity index (χ1n) is 13.9. The van der Waals surface area contributed by atoms with Crippen molar-refractivity contribution in [3.8, 4) is 0 Å². The van der Waals surface area contributed by atoms with E-state index >= 15 is 0 Å². The maximum atomic E-state index is 4.96. The van der Waals surface area contributed by atoms with Crippen LogP contribution in [0.3, 0.4) is 0 Å². The maximum Gasteiger partial charge on any atom is 0.192 e. The molecule has 0 aliphatic heterocycles. The summed E-state index contributed by atoms with van der Waals surface area (Å²) in [5.41, 5.74) is 0. The highest BCUT2D eigenvalue weighted by Gasteiger charge is 2.17. The number of hydrogen-bond acceptors (Lipinski definition) is 17. The first-order valence-corrected chi connectivity index (χ1v) is 26.6. The molecule has 1 rings (SSSR count). The molecule has 0 spiro atoms. The van der Waals surface area contributed by atoms with Crippen molar-refractivity contribution in [3.05, 3.63) is 0 Å². The lowest BCUT2D eigenvalue weighted by Gasteiger charge is -2.17. The Kier molecular flexibility index (Phi) is 33.6. The molecular formula is C25H47N3S14. The van der Waals surface area contributed by atoms with Crippen molar-refractivity contribution in [2.45, 2.75) is 44.6 Å². The molecule has 1 heterocycles. The van der Waals surface area contributed by atoms with Crippen LogP contribution in [0.4, 0.5) is 0 Å². The van der Waals surface area contributed by atoms with Crippen molar-refractivity contribution in [3.63, 3.8) is 0 Å². The molecule has 0 saturated heterocycles. The van der Waals surface area contributed by atoms with E-state index in [1.807, 2.05) is 58.8 Å². The summed E-state index contributed by atoms with van der Waals surface area (Å²) in [6.07, 6.45) is 1.20. The van der Waals surface area contributed by atoms with E-state index in [0.29, 0.717) is 15.7 Å². The molecule has 1 aromatic rings. The summed E-state index contributed by atoms with van der Waals surface area (Å²) in [5.74, 6) is 17.5. The van der Waals surface area contributed by atoms with Crippen LogP contribution < -0.4 is 0 Å². The van der Waals surface area contributed by atoms with Crippen molar-refractivity contribution < 1.29 is 0 Å². The molecule has 17 heteroatoms. The Morgan fingerprint density at radius 3 is 1.05 bits per heavy atom. The van der Waals surface area contributed by atoms with Crippen LogP contribution >= 0.6 is 169 Å². The second-order valence-corrected chi connectivity index (χ2v) is 21.3. The monoisotopic (exact) mass is 837 g/mol. The summed E-state index contributed by atoms with van der Waals surface area (Å²) in [6, 6.07) is 0. The topological polar surface area (TPSA) is 38.7 Å². The quantitative estimate of drug-likeness (QED) is 0.0293. The molecule has 0 saturated carbocycles. The van der Waals surface area contributed by atoms with Crippen molar-refractivity contribution in [2.75, 3.05) is 97.8 Å². The number of nitrogens with zero attached hydrogens (tertiary/aromatic N) is 3. The van der Waals surface area contributed by atoms with E-state index in [0.717, 1.165) is 108 Å². The van der Waals surface area contributed by atoms with Crippen LogP contribution in [0.1, 0.15) is 13.3 Å². The van der Waals surface area contributed by atoms with Gasteiger partial charge in [0.25, 0.3) is 0 Å². The van der Waals surface area contributed by atoms with Crippen LogP contribution in [0.2, 0.25) is 0 Å². The molecule has 3 unspecified atom stereocenters. The van der Waals surface area contributed by atoms with Gasteiger partial charge in [0.15, 0.2) is 15.5 Å². The van der Waals surface area contributed by atoms with Gasteiger partial charge in [-0.1, -0.05) is 42.2 Å². The first kappa shape index (κ1) is 43.9. The Morgan fingerprint density at radius 1 is 0.452 bits per heavy atom. The number of hydrogen-bond donors (Lipinski definition) is 5. The van der Waals surface area contributed by atoms with Crippen molar-refractivity contribution in [1.29, 1.82) is 0 Å². The Balaban J connectivity index is 3.02. The van der Waals surface area contributed by atoms with Crippen LogP contribution in [0.25, 0.3) is 0 Å². The van der Waals surface area contributed by atoms with Gasteiger partial charge in [-0.05, 0) is 40.9 Å². The standard InChI is InChI=1S/C25H47N3S14/c1-2-8-37-20(14-34-9-3-29)17-40-23-26-24(41-18-21(38-12-6-32)15-35-10-4-30)28-25(27-23)42-19-22(39-13-7-33)16-36-11-5-31/h20-22,29-33H,2-19H2,1H3. The largest absolute Gasteiger partial charge is 0.196 e. The SMILES string of the molecule is CCCSC(CSCCS)CSc1nc(SCC(CSCCS)SCCS)nc(SCC(CSCCS)SCCS)n1. The molecule has 3 nitrogen and oxygen atoms in total. The van der Waals surface area contributed by atoms with Crippen LogP contribution in [0, 0.1) is 0 Å². The summed E-state index contributed by atoms with van der Waals surface area (Å²) in [4.78, 5) is 14.9. The molecular weight excluding hydrogens is 791 g/mol. The van der Waals surface area contributed by atoms with Gasteiger partial charge in [-0.15, -0.1) is 0 Å². The summed E-state index contributed by atoms with van der Waals surface area (Å²) in [6.45, 7) is 2.26. The van der Waals surface area contributed by atoms with Crippen molar-refractivity contribution in [2.24, 2.45) is 0 Å². The third kappa shape index (κ3) is 24.1. The van der Waals surface area contributed by atoms with Gasteiger partial charge in [0.2, 0.25) is 0 Å². The molecule has 0 aliphatic rings. The first-order chi connectivity index (χ1) is 20.6. The molecule has 3 atom stereocenters. The molecule has 0 fully saturated rings. The smallest absolute Gasteiger partial charge is 0.192 e. The highest BCUT2D eigenvalue weighted by Crippen LogP contribution is 2.31. The van der Waals surface area contributed by atoms with Crippen LogP contribution in [0.5, 0.6) is 0 Å². The van der Waals surface area contributed by atoms with Crippen LogP contribution in [-0.4, -0.2) is 129 Å². The average molecular weight is 839 g/mol.